The van der Waals surface area contributed by atoms with Crippen LogP contribution in [0.3, 0.4) is 0 Å². The van der Waals surface area contributed by atoms with Crippen LogP contribution in [0.1, 0.15) is 5.56 Å². The predicted octanol–water partition coefficient (Wildman–Crippen LogP) is 1.84. The van der Waals surface area contributed by atoms with E-state index < -0.39 is 16.4 Å². The van der Waals surface area contributed by atoms with E-state index in [1.54, 1.807) is 14.1 Å². The highest BCUT2D eigenvalue weighted by Crippen LogP contribution is 2.39. The molecule has 1 saturated heterocycles. The number of rotatable bonds is 3. The molecule has 8 nitrogen and oxygen atoms in total. The molecule has 0 spiro atoms. The number of nitrogens with zero attached hydrogens (tertiary/aromatic N) is 3. The molecule has 1 N–H and O–H groups in total. The second-order valence-corrected chi connectivity index (χ2v) is 5.34. The lowest BCUT2D eigenvalue weighted by Gasteiger charge is -2.06. The van der Waals surface area contributed by atoms with Crippen molar-refractivity contribution in [2.45, 2.75) is 0 Å². The molecular weight excluding hydrogens is 310 g/mol. The van der Waals surface area contributed by atoms with Crippen molar-refractivity contribution >= 4 is 34.6 Å². The van der Waals surface area contributed by atoms with Gasteiger partial charge in [0.2, 0.25) is 5.75 Å². The van der Waals surface area contributed by atoms with Gasteiger partial charge in [0.15, 0.2) is 10.9 Å². The summed E-state index contributed by atoms with van der Waals surface area (Å²) >= 11 is 1.17. The molecule has 0 atom stereocenters. The zero-order chi connectivity index (χ0) is 16.4. The summed E-state index contributed by atoms with van der Waals surface area (Å²) in [6.07, 6.45) is 1.50. The fraction of sp³-hybridized carbons (Fsp3) is 0.231. The van der Waals surface area contributed by atoms with Crippen LogP contribution in [-0.4, -0.2) is 47.2 Å². The first kappa shape index (κ1) is 15.8. The average molecular weight is 323 g/mol. The molecule has 0 bridgehead atoms. The number of methoxy groups -OCH3 is 1. The van der Waals surface area contributed by atoms with Gasteiger partial charge in [-0.1, -0.05) is 0 Å². The van der Waals surface area contributed by atoms with Crippen molar-refractivity contribution in [2.24, 2.45) is 4.99 Å². The van der Waals surface area contributed by atoms with E-state index in [9.17, 15) is 20.0 Å². The van der Waals surface area contributed by atoms with E-state index in [0.29, 0.717) is 15.6 Å². The van der Waals surface area contributed by atoms with E-state index >= 15 is 0 Å². The summed E-state index contributed by atoms with van der Waals surface area (Å²) in [6, 6.07) is 2.60. The zero-order valence-electron chi connectivity index (χ0n) is 12.1. The van der Waals surface area contributed by atoms with Crippen molar-refractivity contribution in [3.05, 3.63) is 32.7 Å². The minimum Gasteiger partial charge on any atom is -0.500 e. The third kappa shape index (κ3) is 2.75. The summed E-state index contributed by atoms with van der Waals surface area (Å²) < 4.78 is 4.92. The molecule has 0 saturated carbocycles. The molecule has 0 aromatic heterocycles. The Morgan fingerprint density at radius 1 is 1.50 bits per heavy atom. The van der Waals surface area contributed by atoms with Crippen molar-refractivity contribution in [3.8, 4) is 11.5 Å². The van der Waals surface area contributed by atoms with E-state index in [1.807, 2.05) is 0 Å². The van der Waals surface area contributed by atoms with E-state index in [1.165, 1.54) is 42.0 Å². The third-order valence-corrected chi connectivity index (χ3v) is 4.14. The molecule has 1 aromatic rings. The number of nitro benzene ring substituents is 1. The smallest absolute Gasteiger partial charge is 0.315 e. The maximum absolute atomic E-state index is 12.1. The fourth-order valence-corrected chi connectivity index (χ4v) is 2.82. The second-order valence-electron chi connectivity index (χ2n) is 4.33. The standard InChI is InChI=1S/C13H13N3O5S/c1-14-13-15(2)12(18)10(22-13)6-7-4-8(16(19)20)11(17)9(5-7)21-3/h4-6,17H,1-3H3/b10-6+,14-13?. The molecule has 22 heavy (non-hydrogen) atoms. The largest absolute Gasteiger partial charge is 0.500 e. The number of carbonyl (C=O) groups excluding carboxylic acids is 1. The normalized spacial score (nSPS) is 18.3. The van der Waals surface area contributed by atoms with Gasteiger partial charge in [-0.25, -0.2) is 0 Å². The van der Waals surface area contributed by atoms with Crippen LogP contribution < -0.4 is 4.74 Å². The van der Waals surface area contributed by atoms with Crippen LogP contribution in [0.15, 0.2) is 22.0 Å². The first-order valence-corrected chi connectivity index (χ1v) is 6.90. The lowest BCUT2D eigenvalue weighted by atomic mass is 10.1. The van der Waals surface area contributed by atoms with Gasteiger partial charge in [-0.15, -0.1) is 0 Å². The summed E-state index contributed by atoms with van der Waals surface area (Å²) in [5, 5.41) is 21.2. The molecule has 1 aliphatic heterocycles. The van der Waals surface area contributed by atoms with Crippen LogP contribution in [-0.2, 0) is 4.79 Å². The highest BCUT2D eigenvalue weighted by atomic mass is 32.2. The maximum atomic E-state index is 12.1. The van der Waals surface area contributed by atoms with E-state index in [4.69, 9.17) is 4.74 Å². The minimum atomic E-state index is -0.714. The van der Waals surface area contributed by atoms with Crippen molar-refractivity contribution in [2.75, 3.05) is 21.2 Å². The Hall–Kier alpha value is -2.55. The number of ether oxygens (including phenoxy) is 1. The molecule has 1 aliphatic rings. The summed E-state index contributed by atoms with van der Waals surface area (Å²) in [7, 11) is 4.46. The molecule has 0 aliphatic carbocycles. The first-order chi connectivity index (χ1) is 10.4. The fourth-order valence-electron chi connectivity index (χ4n) is 1.89. The zero-order valence-corrected chi connectivity index (χ0v) is 12.9. The number of benzene rings is 1. The van der Waals surface area contributed by atoms with Crippen LogP contribution in [0.25, 0.3) is 6.08 Å². The van der Waals surface area contributed by atoms with Gasteiger partial charge in [0.1, 0.15) is 0 Å². The van der Waals surface area contributed by atoms with Crippen molar-refractivity contribution in [1.82, 2.24) is 4.90 Å². The summed E-state index contributed by atoms with van der Waals surface area (Å²) in [4.78, 5) is 28.1. The Bertz CT molecular complexity index is 714. The van der Waals surface area contributed by atoms with Crippen LogP contribution in [0.2, 0.25) is 0 Å². The number of aliphatic imine (C=N–C) groups is 1. The number of amidine groups is 1. The molecule has 1 amide bonds. The van der Waals surface area contributed by atoms with Gasteiger partial charge in [-0.2, -0.15) is 0 Å². The number of phenolic OH excluding ortho intramolecular Hbond substituents is 1. The van der Waals surface area contributed by atoms with Gasteiger partial charge in [0, 0.05) is 20.2 Å². The topological polar surface area (TPSA) is 105 Å². The van der Waals surface area contributed by atoms with Crippen LogP contribution in [0.4, 0.5) is 5.69 Å². The summed E-state index contributed by atoms with van der Waals surface area (Å²) in [5.74, 6) is -0.831. The predicted molar refractivity (Wildman–Crippen MR) is 83.0 cm³/mol. The number of hydrogen-bond acceptors (Lipinski definition) is 7. The highest BCUT2D eigenvalue weighted by Gasteiger charge is 2.30. The van der Waals surface area contributed by atoms with Crippen LogP contribution >= 0.6 is 11.8 Å². The quantitative estimate of drug-likeness (QED) is 0.517. The van der Waals surface area contributed by atoms with Gasteiger partial charge in [-0.3, -0.25) is 24.8 Å². The van der Waals surface area contributed by atoms with Gasteiger partial charge < -0.3 is 9.84 Å². The van der Waals surface area contributed by atoms with Crippen molar-refractivity contribution in [3.63, 3.8) is 0 Å². The van der Waals surface area contributed by atoms with E-state index in [2.05, 4.69) is 4.99 Å². The average Bonchev–Trinajstić information content (AvgIpc) is 2.76. The Labute approximate surface area is 130 Å². The summed E-state index contributed by atoms with van der Waals surface area (Å²) in [6.45, 7) is 0. The molecule has 116 valence electrons. The number of carbonyl (C=O) groups is 1. The van der Waals surface area contributed by atoms with Gasteiger partial charge in [0.25, 0.3) is 5.91 Å². The Kier molecular flexibility index (Phi) is 4.36. The number of aromatic hydroxyl groups is 1. The Balaban J connectivity index is 2.50. The molecule has 1 fully saturated rings. The highest BCUT2D eigenvalue weighted by molar-refractivity contribution is 8.18. The third-order valence-electron chi connectivity index (χ3n) is 2.99. The number of likely N-dealkylation sites (N-methyl/N-ethyl adjacent to an activating group) is 1. The van der Waals surface area contributed by atoms with E-state index in [0.717, 1.165) is 0 Å². The summed E-state index contributed by atoms with van der Waals surface area (Å²) in [5.41, 5.74) is -0.109. The Morgan fingerprint density at radius 2 is 2.18 bits per heavy atom. The van der Waals surface area contributed by atoms with Gasteiger partial charge in [-0.05, 0) is 29.5 Å². The minimum absolute atomic E-state index is 0.0331. The molecule has 1 heterocycles. The second kappa shape index (κ2) is 6.06. The SMILES string of the molecule is CN=C1S/C(=C/c2cc(OC)c(O)c([N+](=O)[O-])c2)C(=O)N1C. The molecule has 9 heteroatoms. The number of nitro groups is 1. The van der Waals surface area contributed by atoms with Crippen molar-refractivity contribution < 1.29 is 19.6 Å². The monoisotopic (exact) mass is 323 g/mol. The van der Waals surface area contributed by atoms with E-state index in [-0.39, 0.29) is 11.7 Å². The van der Waals surface area contributed by atoms with Crippen molar-refractivity contribution in [1.29, 1.82) is 0 Å². The number of hydrogen-bond donors (Lipinski definition) is 1. The maximum Gasteiger partial charge on any atom is 0.315 e. The lowest BCUT2D eigenvalue weighted by Crippen LogP contribution is -2.23. The molecule has 0 unspecified atom stereocenters. The van der Waals surface area contributed by atoms with Gasteiger partial charge in [0.05, 0.1) is 16.9 Å². The van der Waals surface area contributed by atoms with Crippen LogP contribution in [0, 0.1) is 10.1 Å². The lowest BCUT2D eigenvalue weighted by molar-refractivity contribution is -0.386. The number of amides is 1. The molecular formula is C13H13N3O5S. The number of thioether (sulfide) groups is 1. The number of phenols is 1. The first-order valence-electron chi connectivity index (χ1n) is 6.08. The van der Waals surface area contributed by atoms with Gasteiger partial charge >= 0.3 is 5.69 Å². The van der Waals surface area contributed by atoms with Crippen LogP contribution in [0.5, 0.6) is 11.5 Å². The molecule has 1 aromatic carbocycles. The molecule has 0 radical (unpaired) electrons. The molecule has 2 rings (SSSR count). The Morgan fingerprint density at radius 3 is 2.68 bits per heavy atom.